The number of benzene rings is 2. The molecule has 9 heteroatoms. The van der Waals surface area contributed by atoms with E-state index in [1.54, 1.807) is 0 Å². The van der Waals surface area contributed by atoms with Crippen molar-refractivity contribution in [2.45, 2.75) is 24.6 Å². The van der Waals surface area contributed by atoms with Gasteiger partial charge in [0.25, 0.3) is 0 Å². The topological polar surface area (TPSA) is 77.5 Å². The van der Waals surface area contributed by atoms with Gasteiger partial charge in [0.1, 0.15) is 17.3 Å². The van der Waals surface area contributed by atoms with Gasteiger partial charge in [0.15, 0.2) is 15.6 Å². The molecule has 0 aliphatic heterocycles. The van der Waals surface area contributed by atoms with Crippen molar-refractivity contribution in [3.8, 4) is 5.75 Å². The molecular formula is C18H15F3O5S. The van der Waals surface area contributed by atoms with Crippen LogP contribution in [0.4, 0.5) is 13.2 Å². The maximum Gasteiger partial charge on any atom is 0.573 e. The summed E-state index contributed by atoms with van der Waals surface area (Å²) < 4.78 is 64.7. The number of hydrogen-bond donors (Lipinski definition) is 0. The summed E-state index contributed by atoms with van der Waals surface area (Å²) in [5.74, 6) is -2.18. The summed E-state index contributed by atoms with van der Waals surface area (Å²) in [6.45, 7) is 1.41. The Balaban J connectivity index is 2.10. The molecule has 0 saturated heterocycles. The van der Waals surface area contributed by atoms with Gasteiger partial charge in [-0.3, -0.25) is 9.59 Å². The van der Waals surface area contributed by atoms with Gasteiger partial charge in [-0.1, -0.05) is 12.1 Å². The highest BCUT2D eigenvalue weighted by Gasteiger charge is 2.31. The number of carbonyl (C=O) groups is 2. The number of sulfone groups is 1. The Morgan fingerprint density at radius 2 is 1.52 bits per heavy atom. The molecule has 5 nitrogen and oxygen atoms in total. The van der Waals surface area contributed by atoms with Gasteiger partial charge in [-0.05, 0) is 48.9 Å². The van der Waals surface area contributed by atoms with Crippen molar-refractivity contribution in [1.29, 1.82) is 0 Å². The predicted octanol–water partition coefficient (Wildman–Crippen LogP) is 3.37. The summed E-state index contributed by atoms with van der Waals surface area (Å²) >= 11 is 0. The van der Waals surface area contributed by atoms with Crippen molar-refractivity contribution in [1.82, 2.24) is 0 Å². The Morgan fingerprint density at radius 1 is 0.963 bits per heavy atom. The normalized spacial score (nSPS) is 11.9. The van der Waals surface area contributed by atoms with Crippen molar-refractivity contribution >= 4 is 21.4 Å². The lowest BCUT2D eigenvalue weighted by molar-refractivity contribution is -0.274. The maximum atomic E-state index is 12.3. The van der Waals surface area contributed by atoms with Crippen molar-refractivity contribution in [2.24, 2.45) is 0 Å². The van der Waals surface area contributed by atoms with E-state index in [-0.39, 0.29) is 22.7 Å². The number of Topliss-reactive ketones (excluding diaryl/α,β-unsaturated/α-hetero) is 2. The minimum absolute atomic E-state index is 0.0544. The zero-order valence-electron chi connectivity index (χ0n) is 14.1. The maximum absolute atomic E-state index is 12.3. The van der Waals surface area contributed by atoms with E-state index in [4.69, 9.17) is 0 Å². The van der Waals surface area contributed by atoms with Crippen LogP contribution in [0, 0.1) is 0 Å². The summed E-state index contributed by atoms with van der Waals surface area (Å²) in [5, 5.41) is 0. The first-order valence-corrected chi connectivity index (χ1v) is 9.32. The molecule has 0 saturated carbocycles. The van der Waals surface area contributed by atoms with Crippen LogP contribution in [0.1, 0.15) is 22.8 Å². The second-order valence-electron chi connectivity index (χ2n) is 5.78. The highest BCUT2D eigenvalue weighted by molar-refractivity contribution is 7.92. The van der Waals surface area contributed by atoms with Crippen LogP contribution < -0.4 is 4.74 Å². The monoisotopic (exact) mass is 400 g/mol. The first kappa shape index (κ1) is 20.6. The largest absolute Gasteiger partial charge is 0.573 e. The average Bonchev–Trinajstić information content (AvgIpc) is 2.53. The van der Waals surface area contributed by atoms with Crippen LogP contribution >= 0.6 is 0 Å². The molecule has 0 fully saturated rings. The molecule has 0 aliphatic rings. The van der Waals surface area contributed by atoms with Crippen molar-refractivity contribution < 1.29 is 35.9 Å². The lowest BCUT2D eigenvalue weighted by atomic mass is 10.1. The summed E-state index contributed by atoms with van der Waals surface area (Å²) in [6.07, 6.45) is -4.69. The fourth-order valence-corrected chi connectivity index (χ4v) is 3.51. The van der Waals surface area contributed by atoms with Gasteiger partial charge in [-0.15, -0.1) is 13.2 Å². The molecule has 27 heavy (non-hydrogen) atoms. The molecule has 144 valence electrons. The van der Waals surface area contributed by atoms with Gasteiger partial charge in [0, 0.05) is 12.0 Å². The minimum Gasteiger partial charge on any atom is -0.406 e. The molecular weight excluding hydrogens is 385 g/mol. The van der Waals surface area contributed by atoms with Gasteiger partial charge in [-0.2, -0.15) is 0 Å². The number of ketones is 2. The van der Waals surface area contributed by atoms with Crippen molar-refractivity contribution in [3.05, 3.63) is 59.7 Å². The molecule has 0 heterocycles. The Kier molecular flexibility index (Phi) is 6.04. The molecule has 2 rings (SSSR count). The van der Waals surface area contributed by atoms with Crippen LogP contribution in [0.2, 0.25) is 0 Å². The van der Waals surface area contributed by atoms with Crippen LogP contribution in [0.15, 0.2) is 53.4 Å². The molecule has 0 bridgehead atoms. The first-order valence-electron chi connectivity index (χ1n) is 7.66. The van der Waals surface area contributed by atoms with Gasteiger partial charge in [0.05, 0.1) is 4.90 Å². The molecule has 0 aliphatic carbocycles. The molecule has 0 radical (unpaired) electrons. The van der Waals surface area contributed by atoms with Gasteiger partial charge < -0.3 is 4.74 Å². The Hall–Kier alpha value is -2.68. The summed E-state index contributed by atoms with van der Waals surface area (Å²) in [5.41, 5.74) is 0.592. The van der Waals surface area contributed by atoms with Crippen LogP contribution in [0.3, 0.4) is 0 Å². The van der Waals surface area contributed by atoms with E-state index < -0.39 is 33.5 Å². The fraction of sp³-hybridized carbons (Fsp3) is 0.222. The van der Waals surface area contributed by atoms with E-state index in [2.05, 4.69) is 4.74 Å². The molecule has 0 aromatic heterocycles. The minimum atomic E-state index is -4.86. The zero-order chi connectivity index (χ0) is 20.2. The van der Waals surface area contributed by atoms with Crippen LogP contribution in [0.25, 0.3) is 0 Å². The lowest BCUT2D eigenvalue weighted by Gasteiger charge is -2.09. The first-order chi connectivity index (χ1) is 12.5. The van der Waals surface area contributed by atoms with Crippen LogP contribution in [-0.2, 0) is 21.1 Å². The average molecular weight is 400 g/mol. The van der Waals surface area contributed by atoms with Crippen molar-refractivity contribution in [2.75, 3.05) is 5.75 Å². The van der Waals surface area contributed by atoms with Gasteiger partial charge in [0.2, 0.25) is 0 Å². The fourth-order valence-electron chi connectivity index (χ4n) is 2.28. The van der Waals surface area contributed by atoms with E-state index >= 15 is 0 Å². The second-order valence-corrected chi connectivity index (χ2v) is 7.77. The Bertz CT molecular complexity index is 930. The molecule has 0 N–H and O–H groups in total. The third-order valence-corrected chi connectivity index (χ3v) is 5.10. The summed E-state index contributed by atoms with van der Waals surface area (Å²) in [6, 6.07) is 9.59. The van der Waals surface area contributed by atoms with E-state index in [9.17, 15) is 31.2 Å². The predicted molar refractivity (Wildman–Crippen MR) is 90.3 cm³/mol. The molecule has 0 amide bonds. The number of alkyl halides is 3. The third-order valence-electron chi connectivity index (χ3n) is 3.47. The van der Waals surface area contributed by atoms with Crippen LogP contribution in [0.5, 0.6) is 5.75 Å². The molecule has 2 aromatic rings. The Labute approximate surface area is 153 Å². The number of carbonyl (C=O) groups excluding carboxylic acids is 2. The van der Waals surface area contributed by atoms with E-state index in [1.165, 1.54) is 31.2 Å². The lowest BCUT2D eigenvalue weighted by Crippen LogP contribution is -2.18. The SMILES string of the molecule is CC(=O)Cc1ccc(S(=O)(=O)CC(=O)c2ccc(OC(F)(F)F)cc2)cc1. The number of hydrogen-bond acceptors (Lipinski definition) is 5. The van der Waals surface area contributed by atoms with Crippen LogP contribution in [-0.4, -0.2) is 32.1 Å². The molecule has 2 aromatic carbocycles. The van der Waals surface area contributed by atoms with Crippen molar-refractivity contribution in [3.63, 3.8) is 0 Å². The summed E-state index contributed by atoms with van der Waals surface area (Å²) in [4.78, 5) is 23.1. The van der Waals surface area contributed by atoms with E-state index in [0.717, 1.165) is 24.3 Å². The number of ether oxygens (including phenoxy) is 1. The quantitative estimate of drug-likeness (QED) is 0.666. The van der Waals surface area contributed by atoms with Gasteiger partial charge >= 0.3 is 6.36 Å². The zero-order valence-corrected chi connectivity index (χ0v) is 14.9. The standard InChI is InChI=1S/C18H15F3O5S/c1-12(22)10-13-2-8-16(9-3-13)27(24,25)11-17(23)14-4-6-15(7-5-14)26-18(19,20)21/h2-9H,10-11H2,1H3. The van der Waals surface area contributed by atoms with E-state index in [0.29, 0.717) is 5.56 Å². The molecule has 0 spiro atoms. The highest BCUT2D eigenvalue weighted by Crippen LogP contribution is 2.23. The van der Waals surface area contributed by atoms with Gasteiger partial charge in [-0.25, -0.2) is 8.42 Å². The Morgan fingerprint density at radius 3 is 2.00 bits per heavy atom. The highest BCUT2D eigenvalue weighted by atomic mass is 32.2. The summed E-state index contributed by atoms with van der Waals surface area (Å²) in [7, 11) is -3.94. The molecule has 0 unspecified atom stereocenters. The number of halogens is 3. The van der Waals surface area contributed by atoms with E-state index in [1.807, 2.05) is 0 Å². The smallest absolute Gasteiger partial charge is 0.406 e. The number of rotatable bonds is 7. The molecule has 0 atom stereocenters. The third kappa shape index (κ3) is 6.21. The second kappa shape index (κ2) is 7.91.